The molecule has 1 rings (SSSR count). The molecule has 0 aliphatic heterocycles. The van der Waals surface area contributed by atoms with Crippen LogP contribution in [0.5, 0.6) is 0 Å². The molecule has 8 nitrogen and oxygen atoms in total. The van der Waals surface area contributed by atoms with Crippen LogP contribution in [0, 0.1) is 10.1 Å². The van der Waals surface area contributed by atoms with Crippen LogP contribution in [0.3, 0.4) is 0 Å². The summed E-state index contributed by atoms with van der Waals surface area (Å²) in [6.07, 6.45) is 1.21. The van der Waals surface area contributed by atoms with Crippen molar-refractivity contribution in [3.05, 3.63) is 33.1 Å². The molecule has 0 atom stereocenters. The van der Waals surface area contributed by atoms with E-state index in [9.17, 15) is 19.7 Å². The average Bonchev–Trinajstić information content (AvgIpc) is 2.33. The highest BCUT2D eigenvalue weighted by Gasteiger charge is 2.24. The van der Waals surface area contributed by atoms with Gasteiger partial charge < -0.3 is 10.6 Å². The number of aromatic nitrogens is 1. The summed E-state index contributed by atoms with van der Waals surface area (Å²) in [5.41, 5.74) is -0.714. The molecule has 9 heteroatoms. The third kappa shape index (κ3) is 4.18. The number of halogens is 1. The van der Waals surface area contributed by atoms with Crippen LogP contribution >= 0.6 is 11.6 Å². The zero-order valence-corrected chi connectivity index (χ0v) is 10.7. The topological polar surface area (TPSA) is 114 Å². The first kappa shape index (κ1) is 14.8. The first-order valence-corrected chi connectivity index (χ1v) is 5.62. The van der Waals surface area contributed by atoms with Crippen molar-refractivity contribution in [2.75, 3.05) is 13.1 Å². The third-order valence-corrected chi connectivity index (χ3v) is 2.37. The number of pyridine rings is 1. The van der Waals surface area contributed by atoms with Gasteiger partial charge in [0.25, 0.3) is 5.91 Å². The molecule has 0 bridgehead atoms. The fourth-order valence-electron chi connectivity index (χ4n) is 1.30. The molecule has 1 heterocycles. The van der Waals surface area contributed by atoms with E-state index in [1.54, 1.807) is 0 Å². The summed E-state index contributed by atoms with van der Waals surface area (Å²) in [5, 5.41) is 15.4. The number of nitrogens with zero attached hydrogens (tertiary/aromatic N) is 2. The smallest absolute Gasteiger partial charge is 0.319 e. The summed E-state index contributed by atoms with van der Waals surface area (Å²) in [4.78, 5) is 36.0. The Morgan fingerprint density at radius 2 is 2.05 bits per heavy atom. The Morgan fingerprint density at radius 3 is 2.63 bits per heavy atom. The van der Waals surface area contributed by atoms with Crippen molar-refractivity contribution in [2.45, 2.75) is 6.92 Å². The number of carbonyl (C=O) groups excluding carboxylic acids is 2. The second kappa shape index (κ2) is 6.64. The van der Waals surface area contributed by atoms with E-state index in [-0.39, 0.29) is 29.7 Å². The predicted molar refractivity (Wildman–Crippen MR) is 66.9 cm³/mol. The van der Waals surface area contributed by atoms with Crippen molar-refractivity contribution in [1.29, 1.82) is 0 Å². The lowest BCUT2D eigenvalue weighted by Gasteiger charge is -2.06. The standard InChI is InChI=1S/C10H11ClN4O4/c1-6(16)12-4-5-14-10(17)7-2-3-13-9(11)8(7)15(18)19/h2-3H,4-5H2,1H3,(H,12,16)(H,14,17). The summed E-state index contributed by atoms with van der Waals surface area (Å²) < 4.78 is 0. The van der Waals surface area contributed by atoms with Gasteiger partial charge in [0.2, 0.25) is 11.1 Å². The van der Waals surface area contributed by atoms with Crippen molar-refractivity contribution in [1.82, 2.24) is 15.6 Å². The van der Waals surface area contributed by atoms with E-state index in [2.05, 4.69) is 15.6 Å². The zero-order valence-electron chi connectivity index (χ0n) is 9.97. The van der Waals surface area contributed by atoms with Gasteiger partial charge in [-0.1, -0.05) is 11.6 Å². The van der Waals surface area contributed by atoms with E-state index in [0.29, 0.717) is 0 Å². The molecule has 0 radical (unpaired) electrons. The lowest BCUT2D eigenvalue weighted by Crippen LogP contribution is -2.33. The second-order valence-corrected chi connectivity index (χ2v) is 3.85. The Morgan fingerprint density at radius 1 is 1.42 bits per heavy atom. The van der Waals surface area contributed by atoms with E-state index < -0.39 is 16.5 Å². The Balaban J connectivity index is 2.74. The summed E-state index contributed by atoms with van der Waals surface area (Å²) in [7, 11) is 0. The van der Waals surface area contributed by atoms with Crippen LogP contribution in [-0.4, -0.2) is 34.8 Å². The van der Waals surface area contributed by atoms with Gasteiger partial charge in [-0.25, -0.2) is 4.98 Å². The Labute approximate surface area is 113 Å². The summed E-state index contributed by atoms with van der Waals surface area (Å²) in [6.45, 7) is 1.72. The largest absolute Gasteiger partial charge is 0.355 e. The van der Waals surface area contributed by atoms with Gasteiger partial charge in [-0.3, -0.25) is 19.7 Å². The molecule has 102 valence electrons. The van der Waals surface area contributed by atoms with Gasteiger partial charge in [-0.05, 0) is 6.07 Å². The van der Waals surface area contributed by atoms with Crippen molar-refractivity contribution < 1.29 is 14.5 Å². The molecule has 0 aromatic carbocycles. The maximum absolute atomic E-state index is 11.8. The number of hydrogen-bond acceptors (Lipinski definition) is 5. The monoisotopic (exact) mass is 286 g/mol. The highest BCUT2D eigenvalue weighted by atomic mass is 35.5. The molecule has 0 unspecified atom stereocenters. The van der Waals surface area contributed by atoms with Crippen LogP contribution in [0.25, 0.3) is 0 Å². The van der Waals surface area contributed by atoms with Crippen molar-refractivity contribution >= 4 is 29.1 Å². The lowest BCUT2D eigenvalue weighted by molar-refractivity contribution is -0.385. The van der Waals surface area contributed by atoms with Crippen LogP contribution in [0.15, 0.2) is 12.3 Å². The second-order valence-electron chi connectivity index (χ2n) is 3.49. The molecule has 2 N–H and O–H groups in total. The minimum Gasteiger partial charge on any atom is -0.355 e. The minimum atomic E-state index is -0.766. The Bertz CT molecular complexity index is 520. The molecule has 19 heavy (non-hydrogen) atoms. The van der Waals surface area contributed by atoms with Gasteiger partial charge in [0, 0.05) is 26.2 Å². The summed E-state index contributed by atoms with van der Waals surface area (Å²) >= 11 is 5.58. The van der Waals surface area contributed by atoms with E-state index in [1.165, 1.54) is 19.2 Å². The minimum absolute atomic E-state index is 0.148. The maximum atomic E-state index is 11.8. The zero-order chi connectivity index (χ0) is 14.4. The van der Waals surface area contributed by atoms with Crippen LogP contribution in [0.1, 0.15) is 17.3 Å². The van der Waals surface area contributed by atoms with Gasteiger partial charge in [-0.2, -0.15) is 0 Å². The highest BCUT2D eigenvalue weighted by Crippen LogP contribution is 2.25. The third-order valence-electron chi connectivity index (χ3n) is 2.09. The molecule has 0 aliphatic rings. The van der Waals surface area contributed by atoms with Crippen LogP contribution in [-0.2, 0) is 4.79 Å². The molecule has 1 aromatic rings. The van der Waals surface area contributed by atoms with Crippen LogP contribution in [0.4, 0.5) is 5.69 Å². The number of rotatable bonds is 5. The highest BCUT2D eigenvalue weighted by molar-refractivity contribution is 6.32. The Kier molecular flexibility index (Phi) is 5.19. The molecular weight excluding hydrogens is 276 g/mol. The molecular formula is C10H11ClN4O4. The molecule has 0 spiro atoms. The van der Waals surface area contributed by atoms with Crippen molar-refractivity contribution in [3.8, 4) is 0 Å². The number of nitrogens with one attached hydrogen (secondary N) is 2. The molecule has 0 aliphatic carbocycles. The normalized spacial score (nSPS) is 9.79. The lowest BCUT2D eigenvalue weighted by atomic mass is 10.2. The molecule has 1 aromatic heterocycles. The quantitative estimate of drug-likeness (QED) is 0.354. The Hall–Kier alpha value is -2.22. The number of carbonyl (C=O) groups is 2. The molecule has 0 fully saturated rings. The summed E-state index contributed by atoms with van der Waals surface area (Å²) in [6, 6.07) is 1.21. The van der Waals surface area contributed by atoms with Gasteiger partial charge in [0.1, 0.15) is 5.56 Å². The fraction of sp³-hybridized carbons (Fsp3) is 0.300. The molecule has 0 saturated heterocycles. The van der Waals surface area contributed by atoms with Gasteiger partial charge in [0.05, 0.1) is 4.92 Å². The van der Waals surface area contributed by atoms with Crippen LogP contribution in [0.2, 0.25) is 5.15 Å². The summed E-state index contributed by atoms with van der Waals surface area (Å²) in [5.74, 6) is -0.881. The van der Waals surface area contributed by atoms with Crippen molar-refractivity contribution in [3.63, 3.8) is 0 Å². The first-order valence-electron chi connectivity index (χ1n) is 5.25. The fourth-order valence-corrected chi connectivity index (χ4v) is 1.52. The van der Waals surface area contributed by atoms with Gasteiger partial charge in [-0.15, -0.1) is 0 Å². The SMILES string of the molecule is CC(=O)NCCNC(=O)c1ccnc(Cl)c1[N+](=O)[O-]. The van der Waals surface area contributed by atoms with Crippen molar-refractivity contribution in [2.24, 2.45) is 0 Å². The number of nitro groups is 1. The maximum Gasteiger partial charge on any atom is 0.319 e. The van der Waals surface area contributed by atoms with E-state index in [0.717, 1.165) is 0 Å². The van der Waals surface area contributed by atoms with Gasteiger partial charge in [0.15, 0.2) is 0 Å². The average molecular weight is 287 g/mol. The van der Waals surface area contributed by atoms with Gasteiger partial charge >= 0.3 is 5.69 Å². The van der Waals surface area contributed by atoms with E-state index >= 15 is 0 Å². The number of hydrogen-bond donors (Lipinski definition) is 2. The first-order chi connectivity index (χ1) is 8.93. The van der Waals surface area contributed by atoms with E-state index in [4.69, 9.17) is 11.6 Å². The van der Waals surface area contributed by atoms with Crippen LogP contribution < -0.4 is 10.6 Å². The number of amides is 2. The predicted octanol–water partition coefficient (Wildman–Crippen LogP) is 0.509. The molecule has 2 amide bonds. The molecule has 0 saturated carbocycles. The van der Waals surface area contributed by atoms with E-state index in [1.807, 2.05) is 0 Å².